The number of benzene rings is 2. The van der Waals surface area contributed by atoms with E-state index in [2.05, 4.69) is 9.97 Å². The van der Waals surface area contributed by atoms with Crippen LogP contribution in [0.4, 0.5) is 0 Å². The van der Waals surface area contributed by atoms with E-state index in [-0.39, 0.29) is 24.3 Å². The standard InChI is InChI=1S/C18H16N2O5.C2H7NO/c1-25-14-4-2-3-11-7-5-10(9-13(11)14)6-8-12-15(17(22)23)19-18(24)20-16(12)21;3-1-2-4/h2-5,7,9H,6,8H2,1H3,(H,22,23)(H2,19,20,21,24);4H,1-3H2. The number of carboxylic acid groups (broad SMARTS) is 1. The average Bonchev–Trinajstić information content (AvgIpc) is 2.72. The number of hydrogen-bond donors (Lipinski definition) is 5. The van der Waals surface area contributed by atoms with Gasteiger partial charge in [-0.3, -0.25) is 9.78 Å². The van der Waals surface area contributed by atoms with Crippen LogP contribution in [0.1, 0.15) is 21.6 Å². The zero-order valence-corrected chi connectivity index (χ0v) is 15.9. The molecule has 1 aromatic heterocycles. The number of carbonyl (C=O) groups is 1. The molecule has 0 radical (unpaired) electrons. The van der Waals surface area contributed by atoms with E-state index in [0.717, 1.165) is 22.1 Å². The first kappa shape index (κ1) is 21.9. The Hall–Kier alpha value is -3.43. The second-order valence-corrected chi connectivity index (χ2v) is 6.09. The molecule has 29 heavy (non-hydrogen) atoms. The van der Waals surface area contributed by atoms with Gasteiger partial charge in [-0.15, -0.1) is 0 Å². The summed E-state index contributed by atoms with van der Waals surface area (Å²) in [5.74, 6) is -0.592. The first-order chi connectivity index (χ1) is 13.9. The zero-order valence-electron chi connectivity index (χ0n) is 15.9. The number of fused-ring (bicyclic) bond motifs is 1. The van der Waals surface area contributed by atoms with Crippen molar-refractivity contribution in [1.82, 2.24) is 9.97 Å². The quantitative estimate of drug-likeness (QED) is 0.405. The van der Waals surface area contributed by atoms with E-state index in [1.54, 1.807) is 7.11 Å². The van der Waals surface area contributed by atoms with E-state index >= 15 is 0 Å². The van der Waals surface area contributed by atoms with E-state index in [9.17, 15) is 19.5 Å². The molecule has 0 fully saturated rings. The van der Waals surface area contributed by atoms with Crippen molar-refractivity contribution in [2.24, 2.45) is 5.73 Å². The molecular formula is C20H23N3O6. The number of ether oxygens (including phenoxy) is 1. The molecule has 1 heterocycles. The highest BCUT2D eigenvalue weighted by molar-refractivity contribution is 5.89. The maximum Gasteiger partial charge on any atom is 0.352 e. The molecule has 0 aliphatic carbocycles. The summed E-state index contributed by atoms with van der Waals surface area (Å²) in [6.07, 6.45) is 0.637. The molecule has 0 saturated carbocycles. The van der Waals surface area contributed by atoms with Gasteiger partial charge in [0.25, 0.3) is 5.56 Å². The number of carboxylic acids is 1. The van der Waals surface area contributed by atoms with Gasteiger partial charge in [-0.05, 0) is 35.9 Å². The number of aromatic nitrogens is 2. The minimum Gasteiger partial charge on any atom is -0.496 e. The Bertz CT molecular complexity index is 1100. The Balaban J connectivity index is 0.000000687. The first-order valence-corrected chi connectivity index (χ1v) is 8.86. The van der Waals surface area contributed by atoms with Gasteiger partial charge in [0.2, 0.25) is 0 Å². The summed E-state index contributed by atoms with van der Waals surface area (Å²) < 4.78 is 5.36. The highest BCUT2D eigenvalue weighted by atomic mass is 16.5. The lowest BCUT2D eigenvalue weighted by molar-refractivity contribution is 0.0688. The summed E-state index contributed by atoms with van der Waals surface area (Å²) in [7, 11) is 1.60. The van der Waals surface area contributed by atoms with Crippen LogP contribution in [0.3, 0.4) is 0 Å². The third-order valence-corrected chi connectivity index (χ3v) is 4.17. The number of aryl methyl sites for hydroxylation is 1. The number of aromatic amines is 2. The van der Waals surface area contributed by atoms with Gasteiger partial charge in [0, 0.05) is 17.5 Å². The summed E-state index contributed by atoms with van der Waals surface area (Å²) >= 11 is 0. The monoisotopic (exact) mass is 401 g/mol. The molecule has 0 spiro atoms. The maximum atomic E-state index is 11.9. The molecule has 0 bridgehead atoms. The van der Waals surface area contributed by atoms with Gasteiger partial charge in [0.15, 0.2) is 0 Å². The molecule has 0 atom stereocenters. The fraction of sp³-hybridized carbons (Fsp3) is 0.250. The van der Waals surface area contributed by atoms with Crippen LogP contribution in [-0.2, 0) is 12.8 Å². The van der Waals surface area contributed by atoms with Gasteiger partial charge >= 0.3 is 11.7 Å². The van der Waals surface area contributed by atoms with Crippen molar-refractivity contribution in [2.75, 3.05) is 20.3 Å². The van der Waals surface area contributed by atoms with Crippen LogP contribution in [-0.4, -0.2) is 46.4 Å². The minimum absolute atomic E-state index is 0.0484. The summed E-state index contributed by atoms with van der Waals surface area (Å²) in [5, 5.41) is 18.9. The van der Waals surface area contributed by atoms with Crippen molar-refractivity contribution in [3.05, 3.63) is 74.1 Å². The van der Waals surface area contributed by atoms with Crippen LogP contribution < -0.4 is 21.7 Å². The van der Waals surface area contributed by atoms with Crippen LogP contribution in [0.5, 0.6) is 5.75 Å². The number of nitrogens with two attached hydrogens (primary N) is 1. The molecule has 3 aromatic rings. The highest BCUT2D eigenvalue weighted by Gasteiger charge is 2.15. The fourth-order valence-corrected chi connectivity index (χ4v) is 2.83. The lowest BCUT2D eigenvalue weighted by atomic mass is 10.0. The largest absolute Gasteiger partial charge is 0.496 e. The Kier molecular flexibility index (Phi) is 7.70. The van der Waals surface area contributed by atoms with Gasteiger partial charge in [-0.2, -0.15) is 0 Å². The summed E-state index contributed by atoms with van der Waals surface area (Å²) in [6, 6.07) is 11.6. The number of H-pyrrole nitrogens is 2. The Morgan fingerprint density at radius 2 is 1.86 bits per heavy atom. The van der Waals surface area contributed by atoms with Crippen molar-refractivity contribution in [2.45, 2.75) is 12.8 Å². The van der Waals surface area contributed by atoms with Crippen molar-refractivity contribution in [3.8, 4) is 5.75 Å². The Labute approximate surface area is 165 Å². The highest BCUT2D eigenvalue weighted by Crippen LogP contribution is 2.26. The molecule has 2 aromatic carbocycles. The van der Waals surface area contributed by atoms with Crippen LogP contribution in [0.25, 0.3) is 10.8 Å². The minimum atomic E-state index is -1.33. The van der Waals surface area contributed by atoms with E-state index in [1.807, 2.05) is 36.4 Å². The van der Waals surface area contributed by atoms with E-state index in [1.165, 1.54) is 0 Å². The topological polar surface area (TPSA) is 158 Å². The maximum absolute atomic E-state index is 11.9. The van der Waals surface area contributed by atoms with Gasteiger partial charge in [-0.1, -0.05) is 24.3 Å². The van der Waals surface area contributed by atoms with Crippen molar-refractivity contribution in [3.63, 3.8) is 0 Å². The summed E-state index contributed by atoms with van der Waals surface area (Å²) in [5.41, 5.74) is 3.87. The van der Waals surface area contributed by atoms with Crippen molar-refractivity contribution < 1.29 is 19.7 Å². The van der Waals surface area contributed by atoms with Crippen LogP contribution >= 0.6 is 0 Å². The predicted molar refractivity (Wildman–Crippen MR) is 109 cm³/mol. The second-order valence-electron chi connectivity index (χ2n) is 6.09. The lowest BCUT2D eigenvalue weighted by Crippen LogP contribution is -2.30. The summed E-state index contributed by atoms with van der Waals surface area (Å²) in [6.45, 7) is 0.472. The molecule has 154 valence electrons. The predicted octanol–water partition coefficient (Wildman–Crippen LogP) is 0.646. The number of aliphatic hydroxyl groups is 1. The molecule has 9 nitrogen and oxygen atoms in total. The van der Waals surface area contributed by atoms with Crippen LogP contribution in [0.15, 0.2) is 46.0 Å². The number of aliphatic hydroxyl groups excluding tert-OH is 1. The molecule has 9 heteroatoms. The first-order valence-electron chi connectivity index (χ1n) is 8.86. The van der Waals surface area contributed by atoms with E-state index in [0.29, 0.717) is 13.0 Å². The third kappa shape index (κ3) is 5.53. The average molecular weight is 401 g/mol. The number of nitrogens with one attached hydrogen (secondary N) is 2. The molecular weight excluding hydrogens is 378 g/mol. The molecule has 0 saturated heterocycles. The van der Waals surface area contributed by atoms with Gasteiger partial charge < -0.3 is 25.7 Å². The van der Waals surface area contributed by atoms with E-state index in [4.69, 9.17) is 15.6 Å². The molecule has 0 aliphatic heterocycles. The van der Waals surface area contributed by atoms with Crippen LogP contribution in [0, 0.1) is 0 Å². The normalized spacial score (nSPS) is 10.3. The number of methoxy groups -OCH3 is 1. The Morgan fingerprint density at radius 1 is 1.14 bits per heavy atom. The number of aromatic carboxylic acids is 1. The Morgan fingerprint density at radius 3 is 2.48 bits per heavy atom. The SMILES string of the molecule is COc1cccc2ccc(CCc3c(C(=O)O)[nH]c(=O)[nH]c3=O)cc12.NCCO. The fourth-order valence-electron chi connectivity index (χ4n) is 2.83. The van der Waals surface area contributed by atoms with Crippen molar-refractivity contribution >= 4 is 16.7 Å². The molecule has 6 N–H and O–H groups in total. The number of rotatable bonds is 6. The van der Waals surface area contributed by atoms with Gasteiger partial charge in [0.05, 0.1) is 13.7 Å². The van der Waals surface area contributed by atoms with Crippen LogP contribution in [0.2, 0.25) is 0 Å². The van der Waals surface area contributed by atoms with Gasteiger partial charge in [0.1, 0.15) is 11.4 Å². The molecule has 3 rings (SSSR count). The molecule has 0 unspecified atom stereocenters. The smallest absolute Gasteiger partial charge is 0.352 e. The second kappa shape index (κ2) is 10.2. The molecule has 0 amide bonds. The van der Waals surface area contributed by atoms with Crippen molar-refractivity contribution in [1.29, 1.82) is 0 Å². The third-order valence-electron chi connectivity index (χ3n) is 4.17. The molecule has 0 aliphatic rings. The summed E-state index contributed by atoms with van der Waals surface area (Å²) in [4.78, 5) is 38.7. The zero-order chi connectivity index (χ0) is 21.4. The van der Waals surface area contributed by atoms with E-state index < -0.39 is 17.2 Å². The number of hydrogen-bond acceptors (Lipinski definition) is 6. The lowest BCUT2D eigenvalue weighted by Gasteiger charge is -2.08. The van der Waals surface area contributed by atoms with Gasteiger partial charge in [-0.25, -0.2) is 9.59 Å².